The molecule has 9 heteroatoms. The van der Waals surface area contributed by atoms with Crippen LogP contribution in [-0.2, 0) is 4.79 Å². The molecule has 1 amide bonds. The molecule has 6 nitrogen and oxygen atoms in total. The first-order valence-corrected chi connectivity index (χ1v) is 11.7. The molecule has 4 rings (SSSR count). The van der Waals surface area contributed by atoms with Crippen LogP contribution in [0.5, 0.6) is 11.5 Å². The van der Waals surface area contributed by atoms with Crippen molar-refractivity contribution < 1.29 is 19.1 Å². The predicted molar refractivity (Wildman–Crippen MR) is 136 cm³/mol. The van der Waals surface area contributed by atoms with Gasteiger partial charge in [0.15, 0.2) is 6.10 Å². The molecule has 0 saturated carbocycles. The van der Waals surface area contributed by atoms with Gasteiger partial charge in [0.1, 0.15) is 16.4 Å². The van der Waals surface area contributed by atoms with Crippen LogP contribution in [0.25, 0.3) is 10.1 Å². The quantitative estimate of drug-likeness (QED) is 0.135. The number of thiophene rings is 1. The lowest BCUT2D eigenvalue weighted by Crippen LogP contribution is -2.33. The minimum absolute atomic E-state index is 0.325. The Bertz CT molecular complexity index is 1390. The zero-order valence-electron chi connectivity index (χ0n) is 17.8. The predicted octanol–water partition coefficient (Wildman–Crippen LogP) is 6.34. The van der Waals surface area contributed by atoms with Crippen molar-refractivity contribution in [2.24, 2.45) is 5.10 Å². The molecular formula is C25H18Cl2N2O4S. The van der Waals surface area contributed by atoms with E-state index < -0.39 is 18.0 Å². The summed E-state index contributed by atoms with van der Waals surface area (Å²) < 4.78 is 12.0. The number of hydrazone groups is 1. The molecule has 4 aromatic rings. The van der Waals surface area contributed by atoms with E-state index in [0.29, 0.717) is 32.0 Å². The lowest BCUT2D eigenvalue weighted by molar-refractivity contribution is -0.127. The van der Waals surface area contributed by atoms with Gasteiger partial charge in [0.2, 0.25) is 0 Å². The van der Waals surface area contributed by atoms with Gasteiger partial charge < -0.3 is 9.47 Å². The maximum Gasteiger partial charge on any atom is 0.355 e. The van der Waals surface area contributed by atoms with Crippen LogP contribution in [0.1, 0.15) is 22.2 Å². The molecule has 0 bridgehead atoms. The Hall–Kier alpha value is -3.39. The smallest absolute Gasteiger partial charge is 0.355 e. The topological polar surface area (TPSA) is 77.0 Å². The maximum absolute atomic E-state index is 12.7. The fraction of sp³-hybridized carbons (Fsp3) is 0.0800. The largest absolute Gasteiger partial charge is 0.481 e. The number of nitrogens with one attached hydrogen (secondary N) is 1. The van der Waals surface area contributed by atoms with Crippen molar-refractivity contribution >= 4 is 62.7 Å². The highest BCUT2D eigenvalue weighted by molar-refractivity contribution is 7.21. The van der Waals surface area contributed by atoms with Crippen LogP contribution in [0.3, 0.4) is 0 Å². The van der Waals surface area contributed by atoms with Gasteiger partial charge in [0.25, 0.3) is 5.91 Å². The van der Waals surface area contributed by atoms with Gasteiger partial charge in [0, 0.05) is 15.1 Å². The molecule has 0 aliphatic heterocycles. The highest BCUT2D eigenvalue weighted by Gasteiger charge is 2.19. The summed E-state index contributed by atoms with van der Waals surface area (Å²) in [6.45, 7) is 1.60. The second kappa shape index (κ2) is 10.7. The summed E-state index contributed by atoms with van der Waals surface area (Å²) in [7, 11) is 0. The van der Waals surface area contributed by atoms with Crippen molar-refractivity contribution in [1.29, 1.82) is 0 Å². The standard InChI is InChI=1S/C25H18Cl2N2O4S/c1-15(32-19-9-5-7-17(26)13-19)24(30)29-28-14-16-6-4-8-18(12-16)33-25(31)23-22(27)20-10-2-3-11-21(20)34-23/h2-15H,1H3,(H,29,30)/b28-14-/t15-/m1/s1. The lowest BCUT2D eigenvalue weighted by atomic mass is 10.2. The van der Waals surface area contributed by atoms with E-state index in [-0.39, 0.29) is 0 Å². The van der Waals surface area contributed by atoms with Crippen molar-refractivity contribution in [1.82, 2.24) is 5.43 Å². The number of halogens is 2. The number of hydrogen-bond donors (Lipinski definition) is 1. The molecule has 1 N–H and O–H groups in total. The first-order chi connectivity index (χ1) is 16.4. The number of ether oxygens (including phenoxy) is 2. The Morgan fingerprint density at radius 3 is 2.56 bits per heavy atom. The fourth-order valence-corrected chi connectivity index (χ4v) is 4.58. The first kappa shape index (κ1) is 23.8. The second-order valence-corrected chi connectivity index (χ2v) is 9.02. The van der Waals surface area contributed by atoms with Gasteiger partial charge in [-0.2, -0.15) is 5.10 Å². The van der Waals surface area contributed by atoms with Crippen LogP contribution in [0.2, 0.25) is 10.0 Å². The summed E-state index contributed by atoms with van der Waals surface area (Å²) in [5.74, 6) is -0.169. The van der Waals surface area contributed by atoms with E-state index in [1.54, 1.807) is 55.5 Å². The van der Waals surface area contributed by atoms with E-state index in [1.807, 2.05) is 24.3 Å². The zero-order valence-corrected chi connectivity index (χ0v) is 20.2. The number of benzene rings is 3. The Labute approximate surface area is 209 Å². The third kappa shape index (κ3) is 5.75. The van der Waals surface area contributed by atoms with Crippen LogP contribution < -0.4 is 14.9 Å². The van der Waals surface area contributed by atoms with Crippen molar-refractivity contribution in [2.75, 3.05) is 0 Å². The van der Waals surface area contributed by atoms with Gasteiger partial charge in [0.05, 0.1) is 11.2 Å². The molecule has 0 unspecified atom stereocenters. The van der Waals surface area contributed by atoms with Crippen LogP contribution >= 0.6 is 34.5 Å². The van der Waals surface area contributed by atoms with Crippen LogP contribution in [0, 0.1) is 0 Å². The zero-order chi connectivity index (χ0) is 24.1. The summed E-state index contributed by atoms with van der Waals surface area (Å²) in [5.41, 5.74) is 3.04. The molecule has 1 aromatic heterocycles. The van der Waals surface area contributed by atoms with E-state index in [2.05, 4.69) is 10.5 Å². The minimum Gasteiger partial charge on any atom is -0.481 e. The van der Waals surface area contributed by atoms with E-state index in [4.69, 9.17) is 32.7 Å². The summed E-state index contributed by atoms with van der Waals surface area (Å²) in [6, 6.07) is 21.0. The molecule has 0 radical (unpaired) electrons. The van der Waals surface area contributed by atoms with Gasteiger partial charge in [-0.05, 0) is 48.9 Å². The summed E-state index contributed by atoms with van der Waals surface area (Å²) in [4.78, 5) is 25.2. The van der Waals surface area contributed by atoms with Crippen molar-refractivity contribution in [3.05, 3.63) is 93.3 Å². The molecule has 0 spiro atoms. The number of carbonyl (C=O) groups is 2. The monoisotopic (exact) mass is 512 g/mol. The molecule has 1 heterocycles. The lowest BCUT2D eigenvalue weighted by Gasteiger charge is -2.12. The number of esters is 1. The molecule has 3 aromatic carbocycles. The van der Waals surface area contributed by atoms with Crippen LogP contribution in [-0.4, -0.2) is 24.2 Å². The summed E-state index contributed by atoms with van der Waals surface area (Å²) >= 11 is 13.6. The Morgan fingerprint density at radius 1 is 1.00 bits per heavy atom. The number of amides is 1. The highest BCUT2D eigenvalue weighted by Crippen LogP contribution is 2.35. The molecular weight excluding hydrogens is 495 g/mol. The van der Waals surface area contributed by atoms with Crippen molar-refractivity contribution in [3.8, 4) is 11.5 Å². The van der Waals surface area contributed by atoms with Gasteiger partial charge in [-0.1, -0.05) is 59.6 Å². The minimum atomic E-state index is -0.783. The first-order valence-electron chi connectivity index (χ1n) is 10.1. The van der Waals surface area contributed by atoms with Crippen molar-refractivity contribution in [3.63, 3.8) is 0 Å². The Balaban J connectivity index is 1.36. The number of nitrogens with zero attached hydrogens (tertiary/aromatic N) is 1. The number of carbonyl (C=O) groups excluding carboxylic acids is 2. The van der Waals surface area contributed by atoms with Gasteiger partial charge in [-0.25, -0.2) is 10.2 Å². The molecule has 34 heavy (non-hydrogen) atoms. The normalized spacial score (nSPS) is 12.0. The van der Waals surface area contributed by atoms with E-state index in [0.717, 1.165) is 10.1 Å². The Morgan fingerprint density at radius 2 is 1.76 bits per heavy atom. The molecule has 0 fully saturated rings. The number of fused-ring (bicyclic) bond motifs is 1. The SMILES string of the molecule is C[C@@H](Oc1cccc(Cl)c1)C(=O)N/N=C\c1cccc(OC(=O)c2sc3ccccc3c2Cl)c1. The average Bonchev–Trinajstić information content (AvgIpc) is 3.16. The van der Waals surface area contributed by atoms with Gasteiger partial charge in [-0.3, -0.25) is 4.79 Å². The third-order valence-corrected chi connectivity index (χ3v) is 6.55. The molecule has 0 saturated heterocycles. The third-order valence-electron chi connectivity index (χ3n) is 4.66. The highest BCUT2D eigenvalue weighted by atomic mass is 35.5. The molecule has 172 valence electrons. The maximum atomic E-state index is 12.7. The Kier molecular flexibility index (Phi) is 7.47. The van der Waals surface area contributed by atoms with E-state index >= 15 is 0 Å². The van der Waals surface area contributed by atoms with Crippen LogP contribution in [0.4, 0.5) is 0 Å². The fourth-order valence-electron chi connectivity index (χ4n) is 3.02. The average molecular weight is 513 g/mol. The van der Waals surface area contributed by atoms with Gasteiger partial charge in [-0.15, -0.1) is 11.3 Å². The van der Waals surface area contributed by atoms with Crippen LogP contribution in [0.15, 0.2) is 77.9 Å². The van der Waals surface area contributed by atoms with Crippen molar-refractivity contribution in [2.45, 2.75) is 13.0 Å². The summed E-state index contributed by atoms with van der Waals surface area (Å²) in [6.07, 6.45) is 0.655. The molecule has 1 atom stereocenters. The second-order valence-electron chi connectivity index (χ2n) is 7.16. The van der Waals surface area contributed by atoms with E-state index in [1.165, 1.54) is 17.6 Å². The number of hydrogen-bond acceptors (Lipinski definition) is 6. The molecule has 0 aliphatic carbocycles. The summed E-state index contributed by atoms with van der Waals surface area (Å²) in [5, 5.41) is 5.65. The molecule has 0 aliphatic rings. The van der Waals surface area contributed by atoms with E-state index in [9.17, 15) is 9.59 Å². The number of rotatable bonds is 7. The van der Waals surface area contributed by atoms with Gasteiger partial charge >= 0.3 is 5.97 Å².